The van der Waals surface area contributed by atoms with Crippen molar-refractivity contribution in [1.82, 2.24) is 34.4 Å². The smallest absolute Gasteiger partial charge is 0.354 e. The lowest BCUT2D eigenvalue weighted by atomic mass is 10.0. The topological polar surface area (TPSA) is 116 Å². The van der Waals surface area contributed by atoms with Crippen molar-refractivity contribution in [1.29, 1.82) is 0 Å². The first-order valence-corrected chi connectivity index (χ1v) is 9.32. The molecular formula is C19H17FN8O2. The van der Waals surface area contributed by atoms with E-state index < -0.39 is 5.69 Å². The van der Waals surface area contributed by atoms with Crippen LogP contribution in [0.4, 0.5) is 10.3 Å². The maximum Gasteiger partial charge on any atom is 0.354 e. The van der Waals surface area contributed by atoms with Gasteiger partial charge in [0, 0.05) is 17.7 Å². The van der Waals surface area contributed by atoms with E-state index in [0.29, 0.717) is 41.2 Å². The van der Waals surface area contributed by atoms with E-state index in [1.807, 2.05) is 0 Å². The molecule has 0 unspecified atom stereocenters. The fourth-order valence-electron chi connectivity index (χ4n) is 3.48. The molecule has 0 saturated carbocycles. The van der Waals surface area contributed by atoms with Crippen LogP contribution in [0.1, 0.15) is 6.42 Å². The van der Waals surface area contributed by atoms with Gasteiger partial charge in [0.25, 0.3) is 0 Å². The van der Waals surface area contributed by atoms with E-state index in [9.17, 15) is 9.18 Å². The van der Waals surface area contributed by atoms with E-state index in [1.165, 1.54) is 27.4 Å². The molecule has 0 atom stereocenters. The van der Waals surface area contributed by atoms with Gasteiger partial charge in [0.05, 0.1) is 30.3 Å². The number of halogens is 1. The predicted molar refractivity (Wildman–Crippen MR) is 105 cm³/mol. The second kappa shape index (κ2) is 7.28. The molecule has 1 aromatic carbocycles. The first-order valence-electron chi connectivity index (χ1n) is 9.32. The van der Waals surface area contributed by atoms with Crippen LogP contribution >= 0.6 is 0 Å². The molecule has 0 amide bonds. The Morgan fingerprint density at radius 2 is 1.97 bits per heavy atom. The van der Waals surface area contributed by atoms with Gasteiger partial charge in [-0.15, -0.1) is 5.10 Å². The molecule has 0 radical (unpaired) electrons. The molecule has 0 spiro atoms. The van der Waals surface area contributed by atoms with Crippen molar-refractivity contribution in [3.05, 3.63) is 59.0 Å². The van der Waals surface area contributed by atoms with E-state index in [1.54, 1.807) is 29.5 Å². The van der Waals surface area contributed by atoms with E-state index in [4.69, 9.17) is 10.6 Å². The lowest BCUT2D eigenvalue weighted by molar-refractivity contribution is -0.135. The quantitative estimate of drug-likeness (QED) is 0.538. The van der Waals surface area contributed by atoms with Crippen LogP contribution in [0, 0.1) is 5.82 Å². The van der Waals surface area contributed by atoms with Crippen LogP contribution in [-0.2, 0) is 11.5 Å². The number of nitrogens with two attached hydrogens (primary N) is 1. The summed E-state index contributed by atoms with van der Waals surface area (Å²) < 4.78 is 16.0. The third-order valence-electron chi connectivity index (χ3n) is 4.86. The molecule has 1 fully saturated rings. The molecule has 1 aliphatic heterocycles. The molecule has 5 rings (SSSR count). The number of benzene rings is 1. The Morgan fingerprint density at radius 1 is 1.13 bits per heavy atom. The molecule has 30 heavy (non-hydrogen) atoms. The highest BCUT2D eigenvalue weighted by Gasteiger charge is 2.23. The maximum absolute atomic E-state index is 13.5. The zero-order valence-corrected chi connectivity index (χ0v) is 15.8. The van der Waals surface area contributed by atoms with Crippen LogP contribution in [0.5, 0.6) is 0 Å². The van der Waals surface area contributed by atoms with Gasteiger partial charge >= 0.3 is 5.69 Å². The van der Waals surface area contributed by atoms with Gasteiger partial charge in [0.2, 0.25) is 5.95 Å². The monoisotopic (exact) mass is 408 g/mol. The van der Waals surface area contributed by atoms with E-state index in [2.05, 4.69) is 20.3 Å². The first kappa shape index (κ1) is 18.3. The van der Waals surface area contributed by atoms with Crippen LogP contribution in [-0.4, -0.2) is 47.6 Å². The molecule has 0 bridgehead atoms. The number of nitrogen functional groups attached to an aromatic ring is 1. The summed E-state index contributed by atoms with van der Waals surface area (Å²) in [5.41, 5.74) is 8.32. The van der Waals surface area contributed by atoms with Crippen LogP contribution in [0.15, 0.2) is 47.5 Å². The SMILES string of the molecule is Nc1nc(-c2ccc(F)cc2)c(-c2ccnnc2)c2nn(CN3CCCO3)c(=O)n12. The van der Waals surface area contributed by atoms with Gasteiger partial charge in [-0.2, -0.15) is 19.9 Å². The number of fused-ring (bicyclic) bond motifs is 1. The highest BCUT2D eigenvalue weighted by atomic mass is 19.1. The van der Waals surface area contributed by atoms with E-state index in [0.717, 1.165) is 6.42 Å². The number of hydrogen-bond acceptors (Lipinski definition) is 8. The Bertz CT molecular complexity index is 1260. The van der Waals surface area contributed by atoms with Crippen molar-refractivity contribution in [3.8, 4) is 22.4 Å². The van der Waals surface area contributed by atoms with Crippen molar-refractivity contribution >= 4 is 11.6 Å². The lowest BCUT2D eigenvalue weighted by Crippen LogP contribution is -2.31. The Hall–Kier alpha value is -3.70. The molecule has 3 aromatic heterocycles. The third-order valence-corrected chi connectivity index (χ3v) is 4.86. The van der Waals surface area contributed by atoms with Gasteiger partial charge in [-0.3, -0.25) is 4.84 Å². The average molecular weight is 408 g/mol. The van der Waals surface area contributed by atoms with Crippen molar-refractivity contribution < 1.29 is 9.23 Å². The summed E-state index contributed by atoms with van der Waals surface area (Å²) >= 11 is 0. The molecule has 2 N–H and O–H groups in total. The fraction of sp³-hybridized carbons (Fsp3) is 0.211. The Balaban J connectivity index is 1.77. The summed E-state index contributed by atoms with van der Waals surface area (Å²) in [7, 11) is 0. The zero-order valence-electron chi connectivity index (χ0n) is 15.8. The number of hydrogen-bond donors (Lipinski definition) is 1. The molecule has 11 heteroatoms. The van der Waals surface area contributed by atoms with Crippen LogP contribution in [0.25, 0.3) is 28.0 Å². The molecule has 1 aliphatic rings. The number of anilines is 1. The number of aromatic nitrogens is 6. The molecule has 0 aliphatic carbocycles. The van der Waals surface area contributed by atoms with Gasteiger partial charge in [0.1, 0.15) is 12.5 Å². The molecule has 10 nitrogen and oxygen atoms in total. The minimum absolute atomic E-state index is 0.0197. The highest BCUT2D eigenvalue weighted by molar-refractivity contribution is 5.90. The van der Waals surface area contributed by atoms with Gasteiger partial charge in [-0.1, -0.05) is 0 Å². The van der Waals surface area contributed by atoms with Crippen molar-refractivity contribution in [2.75, 3.05) is 18.9 Å². The standard InChI is InChI=1S/C19H17FN8O2/c20-14-4-2-12(3-5-14)16-15(13-6-7-22-23-10-13)17-25-27(11-26-8-1-9-30-26)19(29)28(17)18(21)24-16/h2-7,10H,1,8-9,11H2,(H2,21,24). The lowest BCUT2D eigenvalue weighted by Gasteiger charge is -2.11. The number of hydroxylamine groups is 2. The van der Waals surface area contributed by atoms with Gasteiger partial charge in [0.15, 0.2) is 5.65 Å². The molecular weight excluding hydrogens is 391 g/mol. The number of rotatable bonds is 4. The van der Waals surface area contributed by atoms with Gasteiger partial charge < -0.3 is 5.73 Å². The van der Waals surface area contributed by atoms with Crippen molar-refractivity contribution in [2.24, 2.45) is 0 Å². The third kappa shape index (κ3) is 3.09. The predicted octanol–water partition coefficient (Wildman–Crippen LogP) is 1.33. The Kier molecular flexibility index (Phi) is 4.45. The minimum Gasteiger partial charge on any atom is -0.369 e. The molecule has 4 aromatic rings. The van der Waals surface area contributed by atoms with Crippen molar-refractivity contribution in [2.45, 2.75) is 13.1 Å². The summed E-state index contributed by atoms with van der Waals surface area (Å²) in [6, 6.07) is 7.60. The summed E-state index contributed by atoms with van der Waals surface area (Å²) in [6.45, 7) is 1.48. The van der Waals surface area contributed by atoms with Crippen molar-refractivity contribution in [3.63, 3.8) is 0 Å². The van der Waals surface area contributed by atoms with E-state index in [-0.39, 0.29) is 18.4 Å². The highest BCUT2D eigenvalue weighted by Crippen LogP contribution is 2.33. The summed E-state index contributed by atoms with van der Waals surface area (Å²) in [5.74, 6) is -0.389. The summed E-state index contributed by atoms with van der Waals surface area (Å²) in [6.07, 6.45) is 3.96. The van der Waals surface area contributed by atoms with Crippen LogP contribution in [0.3, 0.4) is 0 Å². The number of nitrogens with zero attached hydrogens (tertiary/aromatic N) is 7. The Labute approximate surface area is 169 Å². The summed E-state index contributed by atoms with van der Waals surface area (Å²) in [5, 5.41) is 13.9. The second-order valence-corrected chi connectivity index (χ2v) is 6.81. The van der Waals surface area contributed by atoms with Gasteiger partial charge in [-0.05, 0) is 36.8 Å². The largest absolute Gasteiger partial charge is 0.369 e. The van der Waals surface area contributed by atoms with Gasteiger partial charge in [-0.25, -0.2) is 18.6 Å². The molecule has 1 saturated heterocycles. The first-order chi connectivity index (χ1) is 14.6. The summed E-state index contributed by atoms with van der Waals surface area (Å²) in [4.78, 5) is 22.9. The normalized spacial score (nSPS) is 14.6. The average Bonchev–Trinajstić information content (AvgIpc) is 3.38. The maximum atomic E-state index is 13.5. The van der Waals surface area contributed by atoms with E-state index >= 15 is 0 Å². The second-order valence-electron chi connectivity index (χ2n) is 6.81. The molecule has 4 heterocycles. The van der Waals surface area contributed by atoms with Crippen LogP contribution in [0.2, 0.25) is 0 Å². The zero-order chi connectivity index (χ0) is 20.7. The van der Waals surface area contributed by atoms with Crippen LogP contribution < -0.4 is 11.4 Å². The minimum atomic E-state index is -0.431. The fourth-order valence-corrected chi connectivity index (χ4v) is 3.48. The molecule has 152 valence electrons. The Morgan fingerprint density at radius 3 is 2.67 bits per heavy atom.